The molecule has 0 saturated carbocycles. The van der Waals surface area contributed by atoms with Crippen LogP contribution in [0.3, 0.4) is 0 Å². The smallest absolute Gasteiger partial charge is 0.269 e. The molecule has 0 bridgehead atoms. The van der Waals surface area contributed by atoms with Gasteiger partial charge in [-0.25, -0.2) is 8.42 Å². The summed E-state index contributed by atoms with van der Waals surface area (Å²) >= 11 is 0. The van der Waals surface area contributed by atoms with Crippen molar-refractivity contribution >= 4 is 21.6 Å². The zero-order valence-electron chi connectivity index (χ0n) is 15.4. The molecule has 2 aromatic carbocycles. The highest BCUT2D eigenvalue weighted by Crippen LogP contribution is 2.31. The van der Waals surface area contributed by atoms with E-state index in [1.54, 1.807) is 44.2 Å². The highest BCUT2D eigenvalue weighted by Gasteiger charge is 2.28. The Hall–Kier alpha value is -2.58. The van der Waals surface area contributed by atoms with Gasteiger partial charge in [-0.15, -0.1) is 0 Å². The van der Waals surface area contributed by atoms with Crippen LogP contribution in [0.2, 0.25) is 0 Å². The lowest BCUT2D eigenvalue weighted by Crippen LogP contribution is -2.40. The van der Waals surface area contributed by atoms with E-state index in [1.165, 1.54) is 23.5 Å². The minimum atomic E-state index is -3.56. The first-order valence-corrected chi connectivity index (χ1v) is 10.0. The summed E-state index contributed by atoms with van der Waals surface area (Å²) in [5, 5.41) is 2.72. The Kier molecular flexibility index (Phi) is 5.38. The van der Waals surface area contributed by atoms with Crippen molar-refractivity contribution in [2.24, 2.45) is 0 Å². The molecular formula is C19H22N2O5S. The summed E-state index contributed by atoms with van der Waals surface area (Å²) < 4.78 is 37.4. The number of hydrogen-bond acceptors (Lipinski definition) is 5. The van der Waals surface area contributed by atoms with E-state index in [0.29, 0.717) is 17.2 Å². The number of rotatable bonds is 5. The third kappa shape index (κ3) is 4.06. The fourth-order valence-electron chi connectivity index (χ4n) is 2.53. The van der Waals surface area contributed by atoms with Crippen molar-refractivity contribution in [2.45, 2.75) is 30.9 Å². The zero-order valence-corrected chi connectivity index (χ0v) is 16.2. The van der Waals surface area contributed by atoms with Gasteiger partial charge in [0.2, 0.25) is 16.1 Å². The van der Waals surface area contributed by atoms with Crippen molar-refractivity contribution in [1.82, 2.24) is 4.31 Å². The second-order valence-electron chi connectivity index (χ2n) is 6.49. The molecule has 8 heteroatoms. The number of hydrogen-bond donors (Lipinski definition) is 1. The van der Waals surface area contributed by atoms with E-state index in [1.807, 2.05) is 6.07 Å². The second-order valence-corrected chi connectivity index (χ2v) is 8.49. The monoisotopic (exact) mass is 390 g/mol. The first kappa shape index (κ1) is 19.2. The Morgan fingerprint density at radius 1 is 1.11 bits per heavy atom. The molecule has 0 radical (unpaired) electrons. The average Bonchev–Trinajstić information content (AvgIpc) is 2.67. The van der Waals surface area contributed by atoms with Gasteiger partial charge < -0.3 is 14.8 Å². The van der Waals surface area contributed by atoms with Crippen LogP contribution in [0.4, 0.5) is 5.69 Å². The number of nitrogens with one attached hydrogen (secondary N) is 1. The Balaban J connectivity index is 1.68. The maximum absolute atomic E-state index is 12.5. The van der Waals surface area contributed by atoms with Crippen LogP contribution in [0.25, 0.3) is 0 Å². The van der Waals surface area contributed by atoms with E-state index < -0.39 is 16.1 Å². The van der Waals surface area contributed by atoms with Crippen LogP contribution in [0.15, 0.2) is 53.4 Å². The molecule has 1 aliphatic heterocycles. The van der Waals surface area contributed by atoms with E-state index in [4.69, 9.17) is 9.47 Å². The lowest BCUT2D eigenvalue weighted by Gasteiger charge is -2.25. The quantitative estimate of drug-likeness (QED) is 0.848. The van der Waals surface area contributed by atoms with E-state index >= 15 is 0 Å². The van der Waals surface area contributed by atoms with Gasteiger partial charge in [0.1, 0.15) is 6.61 Å². The molecule has 0 unspecified atom stereocenters. The lowest BCUT2D eigenvalue weighted by molar-refractivity contribution is -0.125. The molecule has 1 heterocycles. The fraction of sp³-hybridized carbons (Fsp3) is 0.316. The number of carbonyl (C=O) groups excluding carboxylic acids is 1. The predicted octanol–water partition coefficient (Wildman–Crippen LogP) is 2.49. The van der Waals surface area contributed by atoms with Crippen LogP contribution < -0.4 is 14.8 Å². The standard InChI is InChI=1S/C19H22N2O5S/c1-13(2)21(3)27(23,24)15-10-8-14(9-11-15)20-19(22)18-12-25-16-6-4-5-7-17(16)26-18/h4-11,13,18H,12H2,1-3H3,(H,20,22)/t18-/m1/s1. The summed E-state index contributed by atoms with van der Waals surface area (Å²) in [6.45, 7) is 3.71. The van der Waals surface area contributed by atoms with Crippen molar-refractivity contribution < 1.29 is 22.7 Å². The highest BCUT2D eigenvalue weighted by molar-refractivity contribution is 7.89. The van der Waals surface area contributed by atoms with Crippen molar-refractivity contribution in [2.75, 3.05) is 19.0 Å². The largest absolute Gasteiger partial charge is 0.485 e. The third-order valence-corrected chi connectivity index (χ3v) is 6.37. The molecule has 7 nitrogen and oxygen atoms in total. The van der Waals surface area contributed by atoms with Gasteiger partial charge in [-0.3, -0.25) is 4.79 Å². The number of benzene rings is 2. The molecule has 1 atom stereocenters. The topological polar surface area (TPSA) is 84.9 Å². The van der Waals surface area contributed by atoms with Crippen molar-refractivity contribution in [1.29, 1.82) is 0 Å². The van der Waals surface area contributed by atoms with Crippen LogP contribution in [-0.4, -0.2) is 44.4 Å². The van der Waals surface area contributed by atoms with Gasteiger partial charge >= 0.3 is 0 Å². The molecule has 144 valence electrons. The van der Waals surface area contributed by atoms with E-state index in [0.717, 1.165) is 0 Å². The summed E-state index contributed by atoms with van der Waals surface area (Å²) in [4.78, 5) is 12.6. The number of para-hydroxylation sites is 2. The molecule has 3 rings (SSSR count). The minimum Gasteiger partial charge on any atom is -0.485 e. The molecular weight excluding hydrogens is 368 g/mol. The minimum absolute atomic E-state index is 0.106. The summed E-state index contributed by atoms with van der Waals surface area (Å²) in [5.41, 5.74) is 0.480. The third-order valence-electron chi connectivity index (χ3n) is 4.33. The predicted molar refractivity (Wildman–Crippen MR) is 102 cm³/mol. The van der Waals surface area contributed by atoms with Crippen LogP contribution in [0.5, 0.6) is 11.5 Å². The molecule has 1 amide bonds. The lowest BCUT2D eigenvalue weighted by atomic mass is 10.2. The Morgan fingerprint density at radius 3 is 2.37 bits per heavy atom. The maximum atomic E-state index is 12.5. The molecule has 0 aliphatic carbocycles. The van der Waals surface area contributed by atoms with Gasteiger partial charge in [-0.1, -0.05) is 12.1 Å². The number of sulfonamides is 1. The molecule has 0 saturated heterocycles. The Bertz CT molecular complexity index is 925. The number of carbonyl (C=O) groups is 1. The van der Waals surface area contributed by atoms with Crippen LogP contribution in [0, 0.1) is 0 Å². The molecule has 0 fully saturated rings. The maximum Gasteiger partial charge on any atom is 0.269 e. The van der Waals surface area contributed by atoms with Crippen LogP contribution in [0.1, 0.15) is 13.8 Å². The fourth-order valence-corrected chi connectivity index (χ4v) is 3.89. The second kappa shape index (κ2) is 7.58. The van der Waals surface area contributed by atoms with Gasteiger partial charge in [-0.2, -0.15) is 4.31 Å². The number of amides is 1. The summed E-state index contributed by atoms with van der Waals surface area (Å²) in [7, 11) is -2.03. The molecule has 2 aromatic rings. The molecule has 27 heavy (non-hydrogen) atoms. The van der Waals surface area contributed by atoms with Crippen LogP contribution >= 0.6 is 0 Å². The Labute approximate surface area is 158 Å². The van der Waals surface area contributed by atoms with Gasteiger partial charge in [0.25, 0.3) is 5.91 Å². The van der Waals surface area contributed by atoms with Crippen molar-refractivity contribution in [3.63, 3.8) is 0 Å². The number of ether oxygens (including phenoxy) is 2. The molecule has 1 N–H and O–H groups in total. The SMILES string of the molecule is CC(C)N(C)S(=O)(=O)c1ccc(NC(=O)[C@H]2COc3ccccc3O2)cc1. The summed E-state index contributed by atoms with van der Waals surface area (Å²) in [6, 6.07) is 13.0. The molecule has 0 spiro atoms. The van der Waals surface area contributed by atoms with E-state index in [-0.39, 0.29) is 23.5 Å². The Morgan fingerprint density at radius 2 is 1.74 bits per heavy atom. The molecule has 0 aromatic heterocycles. The number of anilines is 1. The highest BCUT2D eigenvalue weighted by atomic mass is 32.2. The molecule has 1 aliphatic rings. The van der Waals surface area contributed by atoms with E-state index in [9.17, 15) is 13.2 Å². The van der Waals surface area contributed by atoms with Gasteiger partial charge in [0, 0.05) is 18.8 Å². The number of fused-ring (bicyclic) bond motifs is 1. The van der Waals surface area contributed by atoms with E-state index in [2.05, 4.69) is 5.32 Å². The number of nitrogens with zero attached hydrogens (tertiary/aromatic N) is 1. The summed E-state index contributed by atoms with van der Waals surface area (Å²) in [5.74, 6) is 0.756. The van der Waals surface area contributed by atoms with Gasteiger partial charge in [0.15, 0.2) is 11.5 Å². The van der Waals surface area contributed by atoms with Crippen molar-refractivity contribution in [3.05, 3.63) is 48.5 Å². The first-order chi connectivity index (χ1) is 12.8. The normalized spacial score (nSPS) is 16.4. The van der Waals surface area contributed by atoms with Gasteiger partial charge in [0.05, 0.1) is 4.90 Å². The average molecular weight is 390 g/mol. The first-order valence-electron chi connectivity index (χ1n) is 8.56. The summed E-state index contributed by atoms with van der Waals surface area (Å²) in [6.07, 6.45) is -0.782. The van der Waals surface area contributed by atoms with Crippen molar-refractivity contribution in [3.8, 4) is 11.5 Å². The zero-order chi connectivity index (χ0) is 19.6. The van der Waals surface area contributed by atoms with Gasteiger partial charge in [-0.05, 0) is 50.2 Å². The van der Waals surface area contributed by atoms with Crippen LogP contribution in [-0.2, 0) is 14.8 Å².